The van der Waals surface area contributed by atoms with Crippen LogP contribution in [0.4, 0.5) is 5.69 Å². The molecule has 0 saturated carbocycles. The highest BCUT2D eigenvalue weighted by Gasteiger charge is 2.22. The number of anilines is 1. The molecule has 0 saturated heterocycles. The Labute approximate surface area is 110 Å². The molecule has 0 aliphatic rings. The Balaban J connectivity index is 2.24. The number of H-pyrrole nitrogens is 1. The molecule has 0 spiro atoms. The second-order valence-corrected chi connectivity index (χ2v) is 4.26. The maximum absolute atomic E-state index is 12.4. The summed E-state index contributed by atoms with van der Waals surface area (Å²) < 4.78 is 1.61. The minimum absolute atomic E-state index is 0.184. The molecule has 1 amide bonds. The number of nitrogens with two attached hydrogens (primary N) is 1. The number of amides is 1. The molecular weight excluding hydrogens is 246 g/mol. The van der Waals surface area contributed by atoms with E-state index in [1.807, 2.05) is 6.92 Å². The second kappa shape index (κ2) is 5.09. The Morgan fingerprint density at radius 2 is 2.32 bits per heavy atom. The lowest BCUT2D eigenvalue weighted by molar-refractivity contribution is 0.0770. The number of nitrogens with one attached hydrogen (secondary N) is 1. The average molecular weight is 263 g/mol. The summed E-state index contributed by atoms with van der Waals surface area (Å²) in [6.07, 6.45) is 1.41. The molecule has 0 fully saturated rings. The van der Waals surface area contributed by atoms with Gasteiger partial charge in [-0.25, -0.2) is 4.98 Å². The van der Waals surface area contributed by atoms with Gasteiger partial charge in [0, 0.05) is 13.6 Å². The number of carbonyl (C=O) groups excluding carboxylic acids is 1. The predicted octanol–water partition coefficient (Wildman–Crippen LogP) is 0.184. The quantitative estimate of drug-likeness (QED) is 0.818. The molecule has 2 aromatic heterocycles. The normalized spacial score (nSPS) is 10.7. The maximum Gasteiger partial charge on any atom is 0.274 e. The van der Waals surface area contributed by atoms with Gasteiger partial charge >= 0.3 is 0 Å². The van der Waals surface area contributed by atoms with Gasteiger partial charge < -0.3 is 10.6 Å². The van der Waals surface area contributed by atoms with Crippen LogP contribution in [0.2, 0.25) is 0 Å². The largest absolute Gasteiger partial charge is 0.395 e. The fourth-order valence-corrected chi connectivity index (χ4v) is 1.83. The first-order chi connectivity index (χ1) is 9.04. The van der Waals surface area contributed by atoms with Crippen molar-refractivity contribution < 1.29 is 4.79 Å². The van der Waals surface area contributed by atoms with Crippen LogP contribution >= 0.6 is 0 Å². The maximum atomic E-state index is 12.4. The standard InChI is InChI=1S/C11H17N7O/c1-4-18-10(9(12)7(2)16-18)11(19)17(3)5-8-13-6-14-15-8/h6H,4-5,12H2,1-3H3,(H,13,14,15). The molecule has 8 heteroatoms. The molecule has 8 nitrogen and oxygen atoms in total. The van der Waals surface area contributed by atoms with Crippen molar-refractivity contribution in [1.82, 2.24) is 29.9 Å². The molecular formula is C11H17N7O. The lowest BCUT2D eigenvalue weighted by Crippen LogP contribution is -2.29. The summed E-state index contributed by atoms with van der Waals surface area (Å²) in [6, 6.07) is 0. The van der Waals surface area contributed by atoms with Crippen molar-refractivity contribution in [2.75, 3.05) is 12.8 Å². The van der Waals surface area contributed by atoms with Crippen molar-refractivity contribution in [2.45, 2.75) is 26.9 Å². The van der Waals surface area contributed by atoms with E-state index in [4.69, 9.17) is 5.73 Å². The number of carbonyl (C=O) groups is 1. The van der Waals surface area contributed by atoms with Crippen molar-refractivity contribution >= 4 is 11.6 Å². The number of aromatic nitrogens is 5. The molecule has 2 rings (SSSR count). The molecule has 3 N–H and O–H groups in total. The monoisotopic (exact) mass is 263 g/mol. The van der Waals surface area contributed by atoms with E-state index in [0.717, 1.165) is 0 Å². The first-order valence-corrected chi connectivity index (χ1v) is 5.97. The highest BCUT2D eigenvalue weighted by Crippen LogP contribution is 2.18. The molecule has 0 aliphatic carbocycles. The number of rotatable bonds is 4. The van der Waals surface area contributed by atoms with E-state index >= 15 is 0 Å². The zero-order chi connectivity index (χ0) is 14.0. The lowest BCUT2D eigenvalue weighted by atomic mass is 10.2. The van der Waals surface area contributed by atoms with Gasteiger partial charge in [0.15, 0.2) is 0 Å². The number of aromatic amines is 1. The van der Waals surface area contributed by atoms with Crippen LogP contribution in [0.25, 0.3) is 0 Å². The third-order valence-corrected chi connectivity index (χ3v) is 2.87. The molecule has 0 aromatic carbocycles. The third-order valence-electron chi connectivity index (χ3n) is 2.87. The molecule has 0 radical (unpaired) electrons. The van der Waals surface area contributed by atoms with Crippen molar-refractivity contribution in [3.05, 3.63) is 23.5 Å². The number of hydrogen-bond acceptors (Lipinski definition) is 5. The summed E-state index contributed by atoms with van der Waals surface area (Å²) in [7, 11) is 1.69. The number of hydrogen-bond donors (Lipinski definition) is 2. The first kappa shape index (κ1) is 13.1. The van der Waals surface area contributed by atoms with Gasteiger partial charge in [-0.3, -0.25) is 14.6 Å². The highest BCUT2D eigenvalue weighted by atomic mass is 16.2. The Kier molecular flexibility index (Phi) is 3.50. The predicted molar refractivity (Wildman–Crippen MR) is 69.2 cm³/mol. The number of aryl methyl sites for hydroxylation is 2. The summed E-state index contributed by atoms with van der Waals surface area (Å²) in [5.41, 5.74) is 7.44. The average Bonchev–Trinajstić information content (AvgIpc) is 2.98. The topological polar surface area (TPSA) is 106 Å². The van der Waals surface area contributed by atoms with E-state index in [1.54, 1.807) is 18.7 Å². The molecule has 2 heterocycles. The zero-order valence-electron chi connectivity index (χ0n) is 11.2. The summed E-state index contributed by atoms with van der Waals surface area (Å²) in [6.45, 7) is 4.63. The summed E-state index contributed by atoms with van der Waals surface area (Å²) in [4.78, 5) is 17.9. The van der Waals surface area contributed by atoms with Crippen LogP contribution in [0.15, 0.2) is 6.33 Å². The molecule has 0 aliphatic heterocycles. The summed E-state index contributed by atoms with van der Waals surface area (Å²) in [5.74, 6) is 0.435. The van der Waals surface area contributed by atoms with Gasteiger partial charge in [0.1, 0.15) is 17.8 Å². The van der Waals surface area contributed by atoms with E-state index < -0.39 is 0 Å². The van der Waals surface area contributed by atoms with E-state index in [2.05, 4.69) is 20.3 Å². The smallest absolute Gasteiger partial charge is 0.274 e. The molecule has 0 atom stereocenters. The van der Waals surface area contributed by atoms with Gasteiger partial charge in [0.25, 0.3) is 5.91 Å². The number of nitrogens with zero attached hydrogens (tertiary/aromatic N) is 5. The first-order valence-electron chi connectivity index (χ1n) is 5.97. The van der Waals surface area contributed by atoms with E-state index in [0.29, 0.717) is 36.0 Å². The molecule has 102 valence electrons. The van der Waals surface area contributed by atoms with Crippen LogP contribution < -0.4 is 5.73 Å². The second-order valence-electron chi connectivity index (χ2n) is 4.26. The van der Waals surface area contributed by atoms with Crippen molar-refractivity contribution in [3.63, 3.8) is 0 Å². The van der Waals surface area contributed by atoms with Gasteiger partial charge in [-0.1, -0.05) is 0 Å². The van der Waals surface area contributed by atoms with Crippen molar-refractivity contribution in [1.29, 1.82) is 0 Å². The van der Waals surface area contributed by atoms with Crippen LogP contribution in [-0.4, -0.2) is 42.8 Å². The number of nitrogen functional groups attached to an aromatic ring is 1. The Bertz CT molecular complexity index is 572. The van der Waals surface area contributed by atoms with Gasteiger partial charge in [0.05, 0.1) is 17.9 Å². The summed E-state index contributed by atoms with van der Waals surface area (Å²) in [5, 5.41) is 10.7. The Morgan fingerprint density at radius 1 is 1.58 bits per heavy atom. The highest BCUT2D eigenvalue weighted by molar-refractivity contribution is 5.97. The molecule has 2 aromatic rings. The fourth-order valence-electron chi connectivity index (χ4n) is 1.83. The van der Waals surface area contributed by atoms with Crippen LogP contribution in [-0.2, 0) is 13.1 Å². The van der Waals surface area contributed by atoms with Gasteiger partial charge in [0.2, 0.25) is 0 Å². The van der Waals surface area contributed by atoms with Crippen LogP contribution in [0, 0.1) is 6.92 Å². The molecule has 19 heavy (non-hydrogen) atoms. The van der Waals surface area contributed by atoms with E-state index in [-0.39, 0.29) is 5.91 Å². The van der Waals surface area contributed by atoms with Crippen molar-refractivity contribution in [2.24, 2.45) is 0 Å². The van der Waals surface area contributed by atoms with Gasteiger partial charge in [-0.15, -0.1) is 0 Å². The lowest BCUT2D eigenvalue weighted by Gasteiger charge is -2.16. The Hall–Kier alpha value is -2.38. The fraction of sp³-hybridized carbons (Fsp3) is 0.455. The van der Waals surface area contributed by atoms with Crippen LogP contribution in [0.5, 0.6) is 0 Å². The minimum Gasteiger partial charge on any atom is -0.395 e. The van der Waals surface area contributed by atoms with Crippen LogP contribution in [0.3, 0.4) is 0 Å². The zero-order valence-corrected chi connectivity index (χ0v) is 11.2. The summed E-state index contributed by atoms with van der Waals surface area (Å²) >= 11 is 0. The molecule has 0 bridgehead atoms. The van der Waals surface area contributed by atoms with Gasteiger partial charge in [-0.05, 0) is 13.8 Å². The van der Waals surface area contributed by atoms with Crippen molar-refractivity contribution in [3.8, 4) is 0 Å². The van der Waals surface area contributed by atoms with E-state index in [1.165, 1.54) is 11.2 Å². The minimum atomic E-state index is -0.184. The van der Waals surface area contributed by atoms with Crippen LogP contribution in [0.1, 0.15) is 28.9 Å². The Morgan fingerprint density at radius 3 is 2.89 bits per heavy atom. The molecule has 0 unspecified atom stereocenters. The van der Waals surface area contributed by atoms with Gasteiger partial charge in [-0.2, -0.15) is 10.2 Å². The van der Waals surface area contributed by atoms with E-state index in [9.17, 15) is 4.79 Å². The third kappa shape index (κ3) is 2.42. The SMILES string of the molecule is CCn1nc(C)c(N)c1C(=O)N(C)Cc1ncn[nH]1.